The van der Waals surface area contributed by atoms with Gasteiger partial charge in [0.15, 0.2) is 0 Å². The van der Waals surface area contributed by atoms with Gasteiger partial charge in [0, 0.05) is 50.4 Å². The third-order valence-corrected chi connectivity index (χ3v) is 5.55. The highest BCUT2D eigenvalue weighted by Crippen LogP contribution is 2.31. The lowest BCUT2D eigenvalue weighted by Crippen LogP contribution is -2.63. The highest BCUT2D eigenvalue weighted by Gasteiger charge is 2.42. The van der Waals surface area contributed by atoms with E-state index in [-0.39, 0.29) is 11.4 Å². The van der Waals surface area contributed by atoms with Crippen molar-refractivity contribution in [2.45, 2.75) is 45.1 Å². The number of hydrogen-bond acceptors (Lipinski definition) is 5. The molecule has 1 spiro atoms. The van der Waals surface area contributed by atoms with Gasteiger partial charge in [0.05, 0.1) is 5.69 Å². The Morgan fingerprint density at radius 3 is 2.65 bits per heavy atom. The monoisotopic (exact) mass is 321 g/mol. The molecule has 23 heavy (non-hydrogen) atoms. The van der Waals surface area contributed by atoms with Gasteiger partial charge in [-0.25, -0.2) is 0 Å². The summed E-state index contributed by atoms with van der Waals surface area (Å²) in [5, 5.41) is 3.96. The number of nitrogens with zero attached hydrogens (tertiary/aromatic N) is 3. The molecule has 0 atom stereocenters. The second-order valence-corrected chi connectivity index (χ2v) is 6.88. The van der Waals surface area contributed by atoms with E-state index < -0.39 is 0 Å². The normalized spacial score (nSPS) is 21.8. The van der Waals surface area contributed by atoms with E-state index in [1.54, 1.807) is 0 Å². The topological polar surface area (TPSA) is 58.8 Å². The van der Waals surface area contributed by atoms with Crippen molar-refractivity contribution in [1.29, 1.82) is 0 Å². The summed E-state index contributed by atoms with van der Waals surface area (Å²) in [5.74, 6) is 1.07. The first-order chi connectivity index (χ1) is 11.0. The Morgan fingerprint density at radius 1 is 1.26 bits per heavy atom. The van der Waals surface area contributed by atoms with E-state index in [1.165, 1.54) is 0 Å². The van der Waals surface area contributed by atoms with Crippen LogP contribution in [0.2, 0.25) is 0 Å². The molecule has 0 aliphatic carbocycles. The molecule has 0 radical (unpaired) electrons. The summed E-state index contributed by atoms with van der Waals surface area (Å²) in [5.41, 5.74) is 2.08. The van der Waals surface area contributed by atoms with Crippen molar-refractivity contribution in [3.05, 3.63) is 17.0 Å². The zero-order chi connectivity index (χ0) is 16.4. The number of aromatic nitrogens is 1. The van der Waals surface area contributed by atoms with Gasteiger partial charge in [0.2, 0.25) is 5.91 Å². The van der Waals surface area contributed by atoms with Crippen LogP contribution in [-0.4, -0.2) is 66.3 Å². The van der Waals surface area contributed by atoms with Crippen molar-refractivity contribution in [3.8, 4) is 0 Å². The Hall–Kier alpha value is -1.40. The first kappa shape index (κ1) is 16.5. The Bertz CT molecular complexity index is 544. The largest absolute Gasteiger partial charge is 0.381 e. The fourth-order valence-electron chi connectivity index (χ4n) is 3.82. The second kappa shape index (κ2) is 6.61. The van der Waals surface area contributed by atoms with E-state index >= 15 is 0 Å². The maximum atomic E-state index is 12.7. The van der Waals surface area contributed by atoms with Crippen molar-refractivity contribution in [3.63, 3.8) is 0 Å². The quantitative estimate of drug-likeness (QED) is 0.845. The lowest BCUT2D eigenvalue weighted by molar-refractivity contribution is -0.139. The standard InChI is InChI=1S/C17H27N3O3/c1-13-15(14(2)23-18-13)4-5-16(21)20-9-8-19(3)17(12-20)6-10-22-11-7-17/h4-12H2,1-3H3. The Morgan fingerprint density at radius 2 is 2.00 bits per heavy atom. The molecule has 0 unspecified atom stereocenters. The SMILES string of the molecule is Cc1noc(C)c1CCC(=O)N1CCN(C)C2(CCOCC2)C1. The summed E-state index contributed by atoms with van der Waals surface area (Å²) in [7, 11) is 2.18. The first-order valence-corrected chi connectivity index (χ1v) is 8.50. The number of amides is 1. The Labute approximate surface area is 137 Å². The maximum absolute atomic E-state index is 12.7. The molecular formula is C17H27N3O3. The molecule has 0 saturated carbocycles. The summed E-state index contributed by atoms with van der Waals surface area (Å²) in [6, 6.07) is 0. The molecule has 2 aliphatic heterocycles. The molecule has 3 heterocycles. The molecule has 2 saturated heterocycles. The zero-order valence-electron chi connectivity index (χ0n) is 14.4. The smallest absolute Gasteiger partial charge is 0.223 e. The van der Waals surface area contributed by atoms with Gasteiger partial charge < -0.3 is 14.2 Å². The number of likely N-dealkylation sites (N-methyl/N-ethyl adjacent to an activating group) is 1. The molecule has 0 aromatic carbocycles. The molecular weight excluding hydrogens is 294 g/mol. The van der Waals surface area contributed by atoms with E-state index in [1.807, 2.05) is 18.7 Å². The van der Waals surface area contributed by atoms with Crippen LogP contribution in [-0.2, 0) is 16.0 Å². The number of aryl methyl sites for hydroxylation is 2. The second-order valence-electron chi connectivity index (χ2n) is 6.88. The number of hydrogen-bond donors (Lipinski definition) is 0. The molecule has 3 rings (SSSR count). The zero-order valence-corrected chi connectivity index (χ0v) is 14.4. The van der Waals surface area contributed by atoms with Crippen LogP contribution in [0.3, 0.4) is 0 Å². The number of rotatable bonds is 3. The van der Waals surface area contributed by atoms with Crippen LogP contribution in [0, 0.1) is 13.8 Å². The van der Waals surface area contributed by atoms with Crippen LogP contribution in [0.15, 0.2) is 4.52 Å². The van der Waals surface area contributed by atoms with Crippen molar-refractivity contribution in [1.82, 2.24) is 15.0 Å². The van der Waals surface area contributed by atoms with Gasteiger partial charge in [-0.15, -0.1) is 0 Å². The number of carbonyl (C=O) groups excluding carboxylic acids is 1. The van der Waals surface area contributed by atoms with E-state index in [4.69, 9.17) is 9.26 Å². The summed E-state index contributed by atoms with van der Waals surface area (Å²) in [6.07, 6.45) is 3.26. The van der Waals surface area contributed by atoms with Gasteiger partial charge in [-0.05, 0) is 40.2 Å². The van der Waals surface area contributed by atoms with E-state index in [9.17, 15) is 4.79 Å². The van der Waals surface area contributed by atoms with Crippen molar-refractivity contribution < 1.29 is 14.1 Å². The van der Waals surface area contributed by atoms with Gasteiger partial charge >= 0.3 is 0 Å². The average molecular weight is 321 g/mol. The molecule has 6 heteroatoms. The molecule has 2 fully saturated rings. The number of ether oxygens (including phenoxy) is 1. The summed E-state index contributed by atoms with van der Waals surface area (Å²) < 4.78 is 10.7. The van der Waals surface area contributed by atoms with Crippen molar-refractivity contribution >= 4 is 5.91 Å². The van der Waals surface area contributed by atoms with Gasteiger partial charge in [0.25, 0.3) is 0 Å². The third-order valence-electron chi connectivity index (χ3n) is 5.55. The minimum atomic E-state index is 0.106. The van der Waals surface area contributed by atoms with Crippen LogP contribution >= 0.6 is 0 Å². The maximum Gasteiger partial charge on any atom is 0.223 e. The van der Waals surface area contributed by atoms with Crippen LogP contribution in [0.5, 0.6) is 0 Å². The van der Waals surface area contributed by atoms with Gasteiger partial charge in [0.1, 0.15) is 5.76 Å². The fraction of sp³-hybridized carbons (Fsp3) is 0.765. The predicted octanol–water partition coefficient (Wildman–Crippen LogP) is 1.55. The molecule has 0 N–H and O–H groups in total. The van der Waals surface area contributed by atoms with E-state index in [2.05, 4.69) is 17.1 Å². The third kappa shape index (κ3) is 3.28. The fourth-order valence-corrected chi connectivity index (χ4v) is 3.82. The lowest BCUT2D eigenvalue weighted by atomic mass is 9.86. The molecule has 1 amide bonds. The number of carbonyl (C=O) groups is 1. The molecule has 128 valence electrons. The predicted molar refractivity (Wildman–Crippen MR) is 86.3 cm³/mol. The molecule has 2 aliphatic rings. The van der Waals surface area contributed by atoms with E-state index in [0.717, 1.165) is 62.7 Å². The molecule has 1 aromatic heterocycles. The molecule has 6 nitrogen and oxygen atoms in total. The van der Waals surface area contributed by atoms with Crippen molar-refractivity contribution in [2.24, 2.45) is 0 Å². The Balaban J connectivity index is 1.61. The minimum Gasteiger partial charge on any atom is -0.381 e. The van der Waals surface area contributed by atoms with Crippen LogP contribution in [0.1, 0.15) is 36.3 Å². The lowest BCUT2D eigenvalue weighted by Gasteiger charge is -2.51. The average Bonchev–Trinajstić information content (AvgIpc) is 2.87. The highest BCUT2D eigenvalue weighted by atomic mass is 16.5. The summed E-state index contributed by atoms with van der Waals surface area (Å²) in [6.45, 7) is 8.02. The molecule has 1 aromatic rings. The van der Waals surface area contributed by atoms with Gasteiger partial charge in [-0.1, -0.05) is 5.16 Å². The van der Waals surface area contributed by atoms with Crippen LogP contribution in [0.4, 0.5) is 0 Å². The first-order valence-electron chi connectivity index (χ1n) is 8.50. The Kier molecular flexibility index (Phi) is 4.73. The summed E-state index contributed by atoms with van der Waals surface area (Å²) >= 11 is 0. The number of piperazine rings is 1. The highest BCUT2D eigenvalue weighted by molar-refractivity contribution is 5.76. The molecule has 0 bridgehead atoms. The van der Waals surface area contributed by atoms with Gasteiger partial charge in [-0.2, -0.15) is 0 Å². The van der Waals surface area contributed by atoms with Crippen molar-refractivity contribution in [2.75, 3.05) is 39.9 Å². The van der Waals surface area contributed by atoms with Crippen LogP contribution < -0.4 is 0 Å². The minimum absolute atomic E-state index is 0.106. The van der Waals surface area contributed by atoms with E-state index in [0.29, 0.717) is 12.8 Å². The summed E-state index contributed by atoms with van der Waals surface area (Å²) in [4.78, 5) is 17.1. The van der Waals surface area contributed by atoms with Crippen LogP contribution in [0.25, 0.3) is 0 Å². The van der Waals surface area contributed by atoms with Gasteiger partial charge in [-0.3, -0.25) is 9.69 Å².